The van der Waals surface area contributed by atoms with Gasteiger partial charge in [-0.2, -0.15) is 12.6 Å². The maximum Gasteiger partial charge on any atom is 0.407 e. The predicted octanol–water partition coefficient (Wildman–Crippen LogP) is 2.61. The Morgan fingerprint density at radius 2 is 2.07 bits per heavy atom. The van der Waals surface area contributed by atoms with Crippen LogP contribution in [0.3, 0.4) is 0 Å². The van der Waals surface area contributed by atoms with Gasteiger partial charge in [-0.15, -0.1) is 0 Å². The van der Waals surface area contributed by atoms with E-state index in [1.165, 1.54) is 6.42 Å². The first-order chi connectivity index (χ1) is 6.87. The minimum atomic E-state index is -0.419. The van der Waals surface area contributed by atoms with Gasteiger partial charge in [-0.1, -0.05) is 6.42 Å². The van der Waals surface area contributed by atoms with Crippen molar-refractivity contribution in [1.29, 1.82) is 0 Å². The van der Waals surface area contributed by atoms with Crippen LogP contribution in [0.15, 0.2) is 0 Å². The van der Waals surface area contributed by atoms with Gasteiger partial charge in [0.05, 0.1) is 0 Å². The third kappa shape index (κ3) is 3.93. The second-order valence-electron chi connectivity index (χ2n) is 5.37. The summed E-state index contributed by atoms with van der Waals surface area (Å²) in [4.78, 5) is 11.4. The quantitative estimate of drug-likeness (QED) is 0.733. The Bertz CT molecular complexity index is 226. The summed E-state index contributed by atoms with van der Waals surface area (Å²) in [5, 5.41) is 2.82. The van der Waals surface area contributed by atoms with Crippen LogP contribution in [0.1, 0.15) is 40.0 Å². The van der Waals surface area contributed by atoms with Gasteiger partial charge in [-0.25, -0.2) is 4.79 Å². The van der Waals surface area contributed by atoms with Crippen LogP contribution in [0.2, 0.25) is 0 Å². The lowest BCUT2D eigenvalue weighted by Gasteiger charge is -2.40. The average molecular weight is 231 g/mol. The summed E-state index contributed by atoms with van der Waals surface area (Å²) in [6, 6.07) is 0. The van der Waals surface area contributed by atoms with Gasteiger partial charge >= 0.3 is 6.09 Å². The number of hydrogen-bond acceptors (Lipinski definition) is 3. The van der Waals surface area contributed by atoms with Gasteiger partial charge in [0.25, 0.3) is 0 Å². The first-order valence-corrected chi connectivity index (χ1v) is 6.08. The van der Waals surface area contributed by atoms with Crippen molar-refractivity contribution in [2.45, 2.75) is 45.6 Å². The van der Waals surface area contributed by atoms with Gasteiger partial charge in [-0.05, 0) is 44.8 Å². The van der Waals surface area contributed by atoms with Crippen LogP contribution in [0, 0.1) is 5.41 Å². The number of hydrogen-bond donors (Lipinski definition) is 2. The molecule has 1 amide bonds. The zero-order chi connectivity index (χ0) is 11.5. The van der Waals surface area contributed by atoms with E-state index >= 15 is 0 Å². The highest BCUT2D eigenvalue weighted by atomic mass is 32.1. The third-order valence-corrected chi connectivity index (χ3v) is 3.43. The molecule has 1 aliphatic carbocycles. The van der Waals surface area contributed by atoms with Crippen LogP contribution in [0.4, 0.5) is 4.79 Å². The third-order valence-electron chi connectivity index (χ3n) is 2.76. The maximum absolute atomic E-state index is 11.4. The largest absolute Gasteiger partial charge is 0.444 e. The Kier molecular flexibility index (Phi) is 3.93. The van der Waals surface area contributed by atoms with Crippen molar-refractivity contribution >= 4 is 18.7 Å². The van der Waals surface area contributed by atoms with Crippen molar-refractivity contribution in [1.82, 2.24) is 5.32 Å². The number of rotatable bonds is 3. The predicted molar refractivity (Wildman–Crippen MR) is 64.4 cm³/mol. The zero-order valence-corrected chi connectivity index (χ0v) is 10.7. The number of nitrogens with one attached hydrogen (secondary N) is 1. The highest BCUT2D eigenvalue weighted by Gasteiger charge is 2.36. The minimum Gasteiger partial charge on any atom is -0.444 e. The topological polar surface area (TPSA) is 38.3 Å². The number of carbonyl (C=O) groups is 1. The SMILES string of the molecule is CC(C)(C)OC(=O)NCC1(CS)CCC1. The molecule has 1 rings (SSSR count). The molecule has 1 saturated carbocycles. The van der Waals surface area contributed by atoms with Gasteiger partial charge in [0.15, 0.2) is 0 Å². The summed E-state index contributed by atoms with van der Waals surface area (Å²) >= 11 is 4.33. The number of alkyl carbamates (subject to hydrolysis) is 1. The first kappa shape index (κ1) is 12.7. The molecule has 0 radical (unpaired) electrons. The van der Waals surface area contributed by atoms with E-state index in [4.69, 9.17) is 4.74 Å². The second kappa shape index (κ2) is 4.64. The molecule has 1 fully saturated rings. The van der Waals surface area contributed by atoms with E-state index < -0.39 is 5.60 Å². The number of carbonyl (C=O) groups excluding carboxylic acids is 1. The molecule has 15 heavy (non-hydrogen) atoms. The maximum atomic E-state index is 11.4. The summed E-state index contributed by atoms with van der Waals surface area (Å²) in [6.07, 6.45) is 3.24. The van der Waals surface area contributed by atoms with E-state index in [1.807, 2.05) is 20.8 Å². The molecule has 0 atom stereocenters. The van der Waals surface area contributed by atoms with Crippen LogP contribution in [0.5, 0.6) is 0 Å². The number of ether oxygens (including phenoxy) is 1. The van der Waals surface area contributed by atoms with Crippen LogP contribution in [-0.2, 0) is 4.74 Å². The van der Waals surface area contributed by atoms with Gasteiger partial charge in [0.1, 0.15) is 5.60 Å². The van der Waals surface area contributed by atoms with Crippen LogP contribution in [-0.4, -0.2) is 24.0 Å². The number of thiol groups is 1. The monoisotopic (exact) mass is 231 g/mol. The zero-order valence-electron chi connectivity index (χ0n) is 9.80. The molecule has 0 saturated heterocycles. The molecule has 0 spiro atoms. The summed E-state index contributed by atoms with van der Waals surface area (Å²) in [6.45, 7) is 6.28. The van der Waals surface area contributed by atoms with E-state index in [0.717, 1.165) is 18.6 Å². The Labute approximate surface area is 97.4 Å². The van der Waals surface area contributed by atoms with Crippen molar-refractivity contribution in [3.63, 3.8) is 0 Å². The molecule has 0 aliphatic heterocycles. The lowest BCUT2D eigenvalue weighted by atomic mass is 9.70. The Balaban J connectivity index is 2.27. The highest BCUT2D eigenvalue weighted by molar-refractivity contribution is 7.80. The summed E-state index contributed by atoms with van der Waals surface area (Å²) in [5.41, 5.74) is -0.197. The molecule has 0 bridgehead atoms. The number of amides is 1. The summed E-state index contributed by atoms with van der Waals surface area (Å²) in [5.74, 6) is 0.836. The van der Waals surface area contributed by atoms with Crippen molar-refractivity contribution in [3.05, 3.63) is 0 Å². The smallest absolute Gasteiger partial charge is 0.407 e. The second-order valence-corrected chi connectivity index (χ2v) is 5.68. The van der Waals surface area contributed by atoms with E-state index in [0.29, 0.717) is 6.54 Å². The van der Waals surface area contributed by atoms with E-state index in [-0.39, 0.29) is 11.5 Å². The molecule has 4 heteroatoms. The lowest BCUT2D eigenvalue weighted by molar-refractivity contribution is 0.0473. The van der Waals surface area contributed by atoms with Gasteiger partial charge in [0.2, 0.25) is 0 Å². The molecule has 1 aliphatic rings. The Hall–Kier alpha value is -0.380. The lowest BCUT2D eigenvalue weighted by Crippen LogP contribution is -2.44. The summed E-state index contributed by atoms with van der Waals surface area (Å²) in [7, 11) is 0. The van der Waals surface area contributed by atoms with Crippen molar-refractivity contribution in [3.8, 4) is 0 Å². The Morgan fingerprint density at radius 3 is 2.40 bits per heavy atom. The average Bonchev–Trinajstić information content (AvgIpc) is 1.99. The molecule has 0 heterocycles. The van der Waals surface area contributed by atoms with Crippen LogP contribution in [0.25, 0.3) is 0 Å². The molecule has 1 N–H and O–H groups in total. The minimum absolute atomic E-state index is 0.222. The van der Waals surface area contributed by atoms with Gasteiger partial charge < -0.3 is 10.1 Å². The molecule has 0 aromatic rings. The van der Waals surface area contributed by atoms with Gasteiger partial charge in [-0.3, -0.25) is 0 Å². The van der Waals surface area contributed by atoms with Crippen molar-refractivity contribution < 1.29 is 9.53 Å². The fraction of sp³-hybridized carbons (Fsp3) is 0.909. The molecule has 3 nitrogen and oxygen atoms in total. The van der Waals surface area contributed by atoms with E-state index in [1.54, 1.807) is 0 Å². The standard InChI is InChI=1S/C11H21NO2S/c1-10(2,3)14-9(13)12-7-11(8-15)5-4-6-11/h15H,4-8H2,1-3H3,(H,12,13). The normalized spacial score (nSPS) is 19.2. The van der Waals surface area contributed by atoms with E-state index in [9.17, 15) is 4.79 Å². The highest BCUT2D eigenvalue weighted by Crippen LogP contribution is 2.41. The molecule has 0 unspecified atom stereocenters. The van der Waals surface area contributed by atoms with Crippen molar-refractivity contribution in [2.24, 2.45) is 5.41 Å². The molecule has 0 aromatic carbocycles. The summed E-state index contributed by atoms with van der Waals surface area (Å²) < 4.78 is 5.17. The van der Waals surface area contributed by atoms with Crippen LogP contribution < -0.4 is 5.32 Å². The van der Waals surface area contributed by atoms with E-state index in [2.05, 4.69) is 17.9 Å². The molecular formula is C11H21NO2S. The molecule has 88 valence electrons. The fourth-order valence-electron chi connectivity index (χ4n) is 1.64. The first-order valence-electron chi connectivity index (χ1n) is 5.45. The molecule has 0 aromatic heterocycles. The Morgan fingerprint density at radius 1 is 1.47 bits per heavy atom. The molecular weight excluding hydrogens is 210 g/mol. The van der Waals surface area contributed by atoms with Crippen LogP contribution >= 0.6 is 12.6 Å². The van der Waals surface area contributed by atoms with Gasteiger partial charge in [0, 0.05) is 6.54 Å². The van der Waals surface area contributed by atoms with Crippen molar-refractivity contribution in [2.75, 3.05) is 12.3 Å². The fourth-order valence-corrected chi connectivity index (χ4v) is 2.07.